The molecular formula is C28H48N2O21. The zero-order valence-corrected chi connectivity index (χ0v) is 27.4. The van der Waals surface area contributed by atoms with Crippen molar-refractivity contribution < 1.29 is 104 Å². The molecule has 4 rings (SSSR count). The molecule has 0 aromatic carbocycles. The van der Waals surface area contributed by atoms with Gasteiger partial charge in [0.15, 0.2) is 25.2 Å². The monoisotopic (exact) mass is 748 g/mol. The summed E-state index contributed by atoms with van der Waals surface area (Å²) in [6, 6.07) is -3.04. The Bertz CT molecular complexity index is 1140. The molecule has 0 bridgehead atoms. The fourth-order valence-electron chi connectivity index (χ4n) is 6.35. The van der Waals surface area contributed by atoms with Crippen LogP contribution >= 0.6 is 0 Å². The van der Waals surface area contributed by atoms with Crippen molar-refractivity contribution in [2.45, 2.75) is 137 Å². The van der Waals surface area contributed by atoms with E-state index < -0.39 is 161 Å². The quantitative estimate of drug-likeness (QED) is 0.0881. The van der Waals surface area contributed by atoms with Crippen LogP contribution in [0, 0.1) is 0 Å². The molecule has 14 N–H and O–H groups in total. The van der Waals surface area contributed by atoms with Crippen molar-refractivity contribution in [1.82, 2.24) is 10.6 Å². The topological polar surface area (TPSA) is 366 Å². The summed E-state index contributed by atoms with van der Waals surface area (Å²) >= 11 is 0. The molecule has 4 aliphatic heterocycles. The summed E-state index contributed by atoms with van der Waals surface area (Å²) in [5, 5.41) is 130. The van der Waals surface area contributed by atoms with E-state index >= 15 is 0 Å². The molecule has 0 aliphatic carbocycles. The first kappa shape index (κ1) is 41.9. The second-order valence-corrected chi connectivity index (χ2v) is 12.6. The van der Waals surface area contributed by atoms with E-state index in [0.29, 0.717) is 0 Å². The smallest absolute Gasteiger partial charge is 0.217 e. The van der Waals surface area contributed by atoms with Gasteiger partial charge >= 0.3 is 0 Å². The number of ether oxygens (including phenoxy) is 7. The van der Waals surface area contributed by atoms with Crippen LogP contribution in [0.1, 0.15) is 13.8 Å². The second kappa shape index (κ2) is 18.0. The molecular weight excluding hydrogens is 700 g/mol. The van der Waals surface area contributed by atoms with Gasteiger partial charge in [-0.05, 0) is 0 Å². The number of carbonyl (C=O) groups is 2. The van der Waals surface area contributed by atoms with Crippen LogP contribution in [-0.2, 0) is 42.7 Å². The molecule has 0 aromatic rings. The van der Waals surface area contributed by atoms with E-state index in [2.05, 4.69) is 10.6 Å². The van der Waals surface area contributed by atoms with Gasteiger partial charge in [0.05, 0.1) is 26.4 Å². The maximum Gasteiger partial charge on any atom is 0.217 e. The van der Waals surface area contributed by atoms with Crippen molar-refractivity contribution in [3.8, 4) is 0 Å². The Kier molecular flexibility index (Phi) is 14.8. The number of hydrogen-bond acceptors (Lipinski definition) is 21. The fourth-order valence-corrected chi connectivity index (χ4v) is 6.35. The molecule has 0 aromatic heterocycles. The molecule has 4 fully saturated rings. The largest absolute Gasteiger partial charge is 0.394 e. The van der Waals surface area contributed by atoms with Crippen LogP contribution in [-0.4, -0.2) is 222 Å². The summed E-state index contributed by atoms with van der Waals surface area (Å²) in [7, 11) is 0. The zero-order chi connectivity index (χ0) is 37.9. The first-order valence-electron chi connectivity index (χ1n) is 16.1. The van der Waals surface area contributed by atoms with E-state index in [0.717, 1.165) is 13.8 Å². The van der Waals surface area contributed by atoms with Crippen LogP contribution < -0.4 is 10.6 Å². The van der Waals surface area contributed by atoms with Crippen molar-refractivity contribution in [2.75, 3.05) is 26.4 Å². The zero-order valence-electron chi connectivity index (χ0n) is 27.4. The third-order valence-electron chi connectivity index (χ3n) is 9.01. The van der Waals surface area contributed by atoms with Gasteiger partial charge in [-0.25, -0.2) is 0 Å². The van der Waals surface area contributed by atoms with Gasteiger partial charge in [0.2, 0.25) is 11.8 Å². The minimum Gasteiger partial charge on any atom is -0.394 e. The first-order chi connectivity index (χ1) is 24.1. The van der Waals surface area contributed by atoms with Crippen LogP contribution in [0.3, 0.4) is 0 Å². The molecule has 23 nitrogen and oxygen atoms in total. The highest BCUT2D eigenvalue weighted by Crippen LogP contribution is 2.34. The average Bonchev–Trinajstić information content (AvgIpc) is 3.09. The lowest BCUT2D eigenvalue weighted by Crippen LogP contribution is -2.70. The molecule has 2 amide bonds. The average molecular weight is 749 g/mol. The Morgan fingerprint density at radius 1 is 0.471 bits per heavy atom. The van der Waals surface area contributed by atoms with Gasteiger partial charge in [-0.1, -0.05) is 0 Å². The number of rotatable bonds is 12. The number of aliphatic hydroxyl groups excluding tert-OH is 12. The summed E-state index contributed by atoms with van der Waals surface area (Å²) in [5.41, 5.74) is 0. The first-order valence-corrected chi connectivity index (χ1v) is 16.1. The highest BCUT2D eigenvalue weighted by molar-refractivity contribution is 5.73. The second-order valence-electron chi connectivity index (χ2n) is 12.6. The Morgan fingerprint density at radius 2 is 0.882 bits per heavy atom. The van der Waals surface area contributed by atoms with Crippen molar-refractivity contribution in [3.63, 3.8) is 0 Å². The van der Waals surface area contributed by atoms with Gasteiger partial charge in [-0.15, -0.1) is 0 Å². The van der Waals surface area contributed by atoms with Crippen LogP contribution in [0.25, 0.3) is 0 Å². The Hall–Kier alpha value is -1.82. The number of nitrogens with one attached hydrogen (secondary N) is 2. The van der Waals surface area contributed by atoms with E-state index in [1.807, 2.05) is 0 Å². The number of carbonyl (C=O) groups excluding carboxylic acids is 2. The van der Waals surface area contributed by atoms with Gasteiger partial charge in [0.25, 0.3) is 0 Å². The minimum atomic E-state index is -2.04. The van der Waals surface area contributed by atoms with E-state index in [9.17, 15) is 70.9 Å². The van der Waals surface area contributed by atoms with Crippen LogP contribution in [0.2, 0.25) is 0 Å². The molecule has 0 radical (unpaired) electrons. The van der Waals surface area contributed by atoms with Gasteiger partial charge in [0, 0.05) is 13.8 Å². The van der Waals surface area contributed by atoms with E-state index in [1.54, 1.807) is 0 Å². The van der Waals surface area contributed by atoms with Gasteiger partial charge in [0.1, 0.15) is 97.5 Å². The Labute approximate surface area is 289 Å². The fraction of sp³-hybridized carbons (Fsp3) is 0.929. The van der Waals surface area contributed by atoms with E-state index in [1.165, 1.54) is 0 Å². The van der Waals surface area contributed by atoms with Crippen molar-refractivity contribution in [2.24, 2.45) is 0 Å². The lowest BCUT2D eigenvalue weighted by atomic mass is 9.94. The molecule has 0 unspecified atom stereocenters. The van der Waals surface area contributed by atoms with Gasteiger partial charge in [-0.2, -0.15) is 0 Å². The highest BCUT2D eigenvalue weighted by Gasteiger charge is 2.55. The predicted octanol–water partition coefficient (Wildman–Crippen LogP) is -9.46. The maximum atomic E-state index is 12.2. The summed E-state index contributed by atoms with van der Waals surface area (Å²) in [5.74, 6) is -1.40. The molecule has 0 spiro atoms. The molecule has 0 saturated carbocycles. The Balaban J connectivity index is 1.56. The lowest BCUT2D eigenvalue weighted by molar-refractivity contribution is -0.379. The summed E-state index contributed by atoms with van der Waals surface area (Å²) < 4.78 is 39.1. The lowest BCUT2D eigenvalue weighted by Gasteiger charge is -2.50. The number of aliphatic hydroxyl groups is 12. The molecule has 20 atom stereocenters. The third kappa shape index (κ3) is 9.11. The number of amides is 2. The molecule has 4 saturated heterocycles. The Morgan fingerprint density at radius 3 is 1.41 bits per heavy atom. The standard InChI is InChI=1S/C28H48N2O21/c1-7(35)29-13-17(39)22(11(5-33)45-25(13)44)49-26-14(30-8(2)36)18(40)23(12(6-34)48-26)50-28-21(43)24(16(38)10(4-32)47-28)51-27-20(42)19(41)15(37)9(3-31)46-27/h9-28,31-34,37-44H,3-6H2,1-2H3,(H,29,35)(H,30,36)/t9-,10-,11-,12-,13-,14-,15-,16-,17-,18-,19+,20+,21+,22-,23-,24+,25-,26-,27-,28-/m1/s1. The van der Waals surface area contributed by atoms with Crippen LogP contribution in [0.15, 0.2) is 0 Å². The van der Waals surface area contributed by atoms with Crippen molar-refractivity contribution in [1.29, 1.82) is 0 Å². The van der Waals surface area contributed by atoms with E-state index in [-0.39, 0.29) is 0 Å². The predicted molar refractivity (Wildman–Crippen MR) is 157 cm³/mol. The summed E-state index contributed by atoms with van der Waals surface area (Å²) in [4.78, 5) is 23.9. The minimum absolute atomic E-state index is 0.660. The molecule has 51 heavy (non-hydrogen) atoms. The third-order valence-corrected chi connectivity index (χ3v) is 9.01. The highest BCUT2D eigenvalue weighted by atomic mass is 16.8. The normalized spacial score (nSPS) is 47.8. The van der Waals surface area contributed by atoms with Crippen LogP contribution in [0.4, 0.5) is 0 Å². The summed E-state index contributed by atoms with van der Waals surface area (Å²) in [6.07, 6.45) is -31.4. The SMILES string of the molecule is CC(=O)N[C@@H]1[C@@H](O)[C@H](O[C@H]2O[C@H](CO)[C@@H](O[C@H]3O[C@H](CO)[C@@H](O)[C@H](O[C@H]4O[C@H](CO)[C@@H](O)[C@H](O)[C@@H]4O)[C@@H]3O)[C@H](O)[C@H]2NC(C)=O)[C@@H](CO)O[C@H]1O. The molecule has 296 valence electrons. The van der Waals surface area contributed by atoms with Gasteiger partial charge in [-0.3, -0.25) is 9.59 Å². The van der Waals surface area contributed by atoms with Crippen LogP contribution in [0.5, 0.6) is 0 Å². The van der Waals surface area contributed by atoms with Crippen molar-refractivity contribution >= 4 is 11.8 Å². The summed E-state index contributed by atoms with van der Waals surface area (Å²) in [6.45, 7) is -1.28. The van der Waals surface area contributed by atoms with E-state index in [4.69, 9.17) is 33.2 Å². The van der Waals surface area contributed by atoms with Gasteiger partial charge < -0.3 is 105 Å². The molecule has 4 heterocycles. The maximum absolute atomic E-state index is 12.2. The van der Waals surface area contributed by atoms with Crippen molar-refractivity contribution in [3.05, 3.63) is 0 Å². The molecule has 4 aliphatic rings. The molecule has 23 heteroatoms. The number of hydrogen-bond donors (Lipinski definition) is 14.